The molecule has 0 bridgehead atoms. The van der Waals surface area contributed by atoms with Gasteiger partial charge in [-0.15, -0.1) is 0 Å². The van der Waals surface area contributed by atoms with Gasteiger partial charge in [0.25, 0.3) is 0 Å². The van der Waals surface area contributed by atoms with E-state index >= 15 is 0 Å². The molecule has 94 valence electrons. The number of nitrogens with one attached hydrogen (secondary N) is 1. The molecule has 0 aliphatic carbocycles. The van der Waals surface area contributed by atoms with E-state index in [2.05, 4.69) is 11.9 Å². The summed E-state index contributed by atoms with van der Waals surface area (Å²) in [7, 11) is 0. The molecule has 0 saturated heterocycles. The van der Waals surface area contributed by atoms with Crippen molar-refractivity contribution in [2.45, 2.75) is 12.7 Å². The minimum atomic E-state index is -4.20. The van der Waals surface area contributed by atoms with E-state index in [1.54, 1.807) is 30.3 Å². The number of ether oxygens (including phenoxy) is 1. The van der Waals surface area contributed by atoms with Crippen LogP contribution in [0.1, 0.15) is 5.56 Å². The molecule has 0 spiro atoms. The fourth-order valence-corrected chi connectivity index (χ4v) is 1.28. The second kappa shape index (κ2) is 6.30. The molecular weight excluding hydrogens is 231 g/mol. The second-order valence-electron chi connectivity index (χ2n) is 3.43. The third-order valence-electron chi connectivity index (χ3n) is 1.97. The van der Waals surface area contributed by atoms with Crippen molar-refractivity contribution in [3.63, 3.8) is 0 Å². The summed E-state index contributed by atoms with van der Waals surface area (Å²) in [6.45, 7) is 2.95. The Kier molecular flexibility index (Phi) is 5.03. The summed E-state index contributed by atoms with van der Waals surface area (Å²) in [5.41, 5.74) is 0.693. The van der Waals surface area contributed by atoms with Crippen molar-refractivity contribution in [3.05, 3.63) is 42.5 Å². The molecule has 0 fully saturated rings. The molecule has 1 N–H and O–H groups in total. The highest BCUT2D eigenvalue weighted by Gasteiger charge is 2.26. The number of hydrogen-bond donors (Lipinski definition) is 1. The smallest absolute Gasteiger partial charge is 0.401 e. The zero-order chi connectivity index (χ0) is 12.7. The van der Waals surface area contributed by atoms with Gasteiger partial charge in [-0.3, -0.25) is 0 Å². The van der Waals surface area contributed by atoms with Gasteiger partial charge in [-0.2, -0.15) is 13.2 Å². The van der Waals surface area contributed by atoms with E-state index in [0.717, 1.165) is 0 Å². The van der Waals surface area contributed by atoms with E-state index < -0.39 is 12.7 Å². The first kappa shape index (κ1) is 13.6. The Morgan fingerprint density at radius 2 is 2.00 bits per heavy atom. The van der Waals surface area contributed by atoms with Crippen molar-refractivity contribution in [3.8, 4) is 5.75 Å². The van der Waals surface area contributed by atoms with Crippen LogP contribution in [0.25, 0.3) is 0 Å². The van der Waals surface area contributed by atoms with Crippen LogP contribution in [0.15, 0.2) is 36.9 Å². The van der Waals surface area contributed by atoms with Gasteiger partial charge < -0.3 is 10.1 Å². The summed E-state index contributed by atoms with van der Waals surface area (Å²) in [5, 5.41) is 2.33. The van der Waals surface area contributed by atoms with Crippen LogP contribution in [0, 0.1) is 0 Å². The number of para-hydroxylation sites is 1. The van der Waals surface area contributed by atoms with E-state index in [0.29, 0.717) is 17.9 Å². The monoisotopic (exact) mass is 245 g/mol. The molecule has 17 heavy (non-hydrogen) atoms. The van der Waals surface area contributed by atoms with Crippen LogP contribution >= 0.6 is 0 Å². The lowest BCUT2D eigenvalue weighted by Crippen LogP contribution is -2.28. The maximum atomic E-state index is 12.0. The third-order valence-corrected chi connectivity index (χ3v) is 1.97. The van der Waals surface area contributed by atoms with E-state index in [-0.39, 0.29) is 6.54 Å². The van der Waals surface area contributed by atoms with Gasteiger partial charge in [0.15, 0.2) is 0 Å². The zero-order valence-electron chi connectivity index (χ0n) is 9.26. The van der Waals surface area contributed by atoms with Crippen LogP contribution < -0.4 is 10.1 Å². The van der Waals surface area contributed by atoms with Crippen LogP contribution in [-0.4, -0.2) is 19.3 Å². The van der Waals surface area contributed by atoms with Gasteiger partial charge in [0, 0.05) is 12.1 Å². The molecule has 1 rings (SSSR count). The molecule has 0 aliphatic heterocycles. The van der Waals surface area contributed by atoms with E-state index in [4.69, 9.17) is 4.74 Å². The summed E-state index contributed by atoms with van der Waals surface area (Å²) in [6.07, 6.45) is -2.61. The SMILES string of the molecule is C=CCOc1ccccc1CNCC(F)(F)F. The molecule has 0 saturated carbocycles. The first-order chi connectivity index (χ1) is 8.03. The lowest BCUT2D eigenvalue weighted by Gasteiger charge is -2.12. The maximum absolute atomic E-state index is 12.0. The Balaban J connectivity index is 2.54. The standard InChI is InChI=1S/C12H14F3NO/c1-2-7-17-11-6-4-3-5-10(11)8-16-9-12(13,14)15/h2-6,16H,1,7-9H2. The van der Waals surface area contributed by atoms with Crippen molar-refractivity contribution in [1.82, 2.24) is 5.32 Å². The van der Waals surface area contributed by atoms with Crippen molar-refractivity contribution in [1.29, 1.82) is 0 Å². The van der Waals surface area contributed by atoms with Crippen LogP contribution in [-0.2, 0) is 6.54 Å². The molecule has 2 nitrogen and oxygen atoms in total. The molecule has 0 aromatic heterocycles. The molecule has 5 heteroatoms. The highest BCUT2D eigenvalue weighted by Crippen LogP contribution is 2.18. The molecule has 0 unspecified atom stereocenters. The van der Waals surface area contributed by atoms with E-state index in [1.807, 2.05) is 0 Å². The van der Waals surface area contributed by atoms with Gasteiger partial charge in [0.2, 0.25) is 0 Å². The van der Waals surface area contributed by atoms with Crippen molar-refractivity contribution in [2.24, 2.45) is 0 Å². The molecule has 0 heterocycles. The largest absolute Gasteiger partial charge is 0.489 e. The fourth-order valence-electron chi connectivity index (χ4n) is 1.28. The van der Waals surface area contributed by atoms with E-state index in [1.165, 1.54) is 0 Å². The van der Waals surface area contributed by atoms with E-state index in [9.17, 15) is 13.2 Å². The van der Waals surface area contributed by atoms with Gasteiger partial charge in [-0.05, 0) is 6.07 Å². The number of halogens is 3. The number of benzene rings is 1. The Labute approximate surface area is 98.1 Å². The van der Waals surface area contributed by atoms with Crippen molar-refractivity contribution in [2.75, 3.05) is 13.2 Å². The number of alkyl halides is 3. The van der Waals surface area contributed by atoms with Gasteiger partial charge in [-0.1, -0.05) is 30.9 Å². The lowest BCUT2D eigenvalue weighted by molar-refractivity contribution is -0.125. The van der Waals surface area contributed by atoms with Crippen LogP contribution in [0.5, 0.6) is 5.75 Å². The first-order valence-electron chi connectivity index (χ1n) is 5.12. The fraction of sp³-hybridized carbons (Fsp3) is 0.333. The summed E-state index contributed by atoms with van der Waals surface area (Å²) in [6, 6.07) is 6.97. The highest BCUT2D eigenvalue weighted by atomic mass is 19.4. The molecular formula is C12H14F3NO. The molecule has 0 aliphatic rings. The quantitative estimate of drug-likeness (QED) is 0.778. The van der Waals surface area contributed by atoms with Crippen LogP contribution in [0.3, 0.4) is 0 Å². The normalized spacial score (nSPS) is 11.2. The van der Waals surface area contributed by atoms with Crippen LogP contribution in [0.4, 0.5) is 13.2 Å². The average molecular weight is 245 g/mol. The Bertz CT molecular complexity index is 363. The van der Waals surface area contributed by atoms with Gasteiger partial charge in [-0.25, -0.2) is 0 Å². The number of hydrogen-bond acceptors (Lipinski definition) is 2. The summed E-state index contributed by atoms with van der Waals surface area (Å²) in [4.78, 5) is 0. The highest BCUT2D eigenvalue weighted by molar-refractivity contribution is 5.33. The molecule has 1 aromatic rings. The average Bonchev–Trinajstić information content (AvgIpc) is 2.26. The third kappa shape index (κ3) is 5.40. The molecule has 1 aromatic carbocycles. The Hall–Kier alpha value is -1.49. The predicted molar refractivity (Wildman–Crippen MR) is 59.9 cm³/mol. The first-order valence-corrected chi connectivity index (χ1v) is 5.12. The summed E-state index contributed by atoms with van der Waals surface area (Å²) in [5.74, 6) is 0.571. The minimum Gasteiger partial charge on any atom is -0.489 e. The summed E-state index contributed by atoms with van der Waals surface area (Å²) >= 11 is 0. The molecule has 0 radical (unpaired) electrons. The predicted octanol–water partition coefficient (Wildman–Crippen LogP) is 2.90. The number of rotatable bonds is 6. The summed E-state index contributed by atoms with van der Waals surface area (Å²) < 4.78 is 41.2. The lowest BCUT2D eigenvalue weighted by atomic mass is 10.2. The molecule has 0 atom stereocenters. The van der Waals surface area contributed by atoms with Gasteiger partial charge >= 0.3 is 6.18 Å². The minimum absolute atomic E-state index is 0.118. The maximum Gasteiger partial charge on any atom is 0.401 e. The van der Waals surface area contributed by atoms with Crippen molar-refractivity contribution >= 4 is 0 Å². The Morgan fingerprint density at radius 1 is 1.29 bits per heavy atom. The topological polar surface area (TPSA) is 21.3 Å². The Morgan fingerprint density at radius 3 is 2.65 bits per heavy atom. The van der Waals surface area contributed by atoms with Gasteiger partial charge in [0.05, 0.1) is 6.54 Å². The zero-order valence-corrected chi connectivity index (χ0v) is 9.26. The molecule has 0 amide bonds. The van der Waals surface area contributed by atoms with Gasteiger partial charge in [0.1, 0.15) is 12.4 Å². The second-order valence-corrected chi connectivity index (χ2v) is 3.43. The van der Waals surface area contributed by atoms with Crippen molar-refractivity contribution < 1.29 is 17.9 Å². The van der Waals surface area contributed by atoms with Crippen LogP contribution in [0.2, 0.25) is 0 Å².